The number of aromatic nitrogens is 2. The van der Waals surface area contributed by atoms with Crippen LogP contribution in [-0.2, 0) is 6.54 Å². The molecule has 0 unspecified atom stereocenters. The van der Waals surface area contributed by atoms with Crippen molar-refractivity contribution in [3.8, 4) is 5.69 Å². The van der Waals surface area contributed by atoms with E-state index in [0.717, 1.165) is 6.54 Å². The fraction of sp³-hybridized carbons (Fsp3) is 0.609. The Labute approximate surface area is 171 Å². The SMILES string of the molecule is CCCCCCCCCCCCCC[n+]1ccn(-c2ccccc2)c1.[Br-]. The molecule has 3 heteroatoms. The molecule has 1 aromatic carbocycles. The Hall–Kier alpha value is -1.09. The van der Waals surface area contributed by atoms with Crippen molar-refractivity contribution in [1.82, 2.24) is 4.57 Å². The van der Waals surface area contributed by atoms with Gasteiger partial charge < -0.3 is 17.0 Å². The van der Waals surface area contributed by atoms with Crippen molar-refractivity contribution in [2.24, 2.45) is 0 Å². The van der Waals surface area contributed by atoms with Crippen LogP contribution in [0.15, 0.2) is 49.1 Å². The third-order valence-electron chi connectivity index (χ3n) is 5.02. The Balaban J connectivity index is 0.00000338. The highest BCUT2D eigenvalue weighted by molar-refractivity contribution is 5.30. The molecule has 26 heavy (non-hydrogen) atoms. The topological polar surface area (TPSA) is 8.81 Å². The third-order valence-corrected chi connectivity index (χ3v) is 5.02. The molecule has 0 saturated heterocycles. The molecule has 146 valence electrons. The van der Waals surface area contributed by atoms with Crippen LogP contribution in [0.3, 0.4) is 0 Å². The summed E-state index contributed by atoms with van der Waals surface area (Å²) in [5.41, 5.74) is 1.23. The second-order valence-corrected chi connectivity index (χ2v) is 7.28. The molecule has 1 heterocycles. The minimum absolute atomic E-state index is 0. The van der Waals surface area contributed by atoms with Gasteiger partial charge in [-0.3, -0.25) is 0 Å². The maximum Gasteiger partial charge on any atom is 0.248 e. The van der Waals surface area contributed by atoms with E-state index in [-0.39, 0.29) is 17.0 Å². The van der Waals surface area contributed by atoms with E-state index in [0.29, 0.717) is 0 Å². The Kier molecular flexibility index (Phi) is 13.3. The molecule has 0 amide bonds. The summed E-state index contributed by atoms with van der Waals surface area (Å²) >= 11 is 0. The van der Waals surface area contributed by atoms with Crippen molar-refractivity contribution in [3.63, 3.8) is 0 Å². The Morgan fingerprint density at radius 1 is 0.731 bits per heavy atom. The number of imidazole rings is 1. The number of aryl methyl sites for hydroxylation is 1. The zero-order valence-corrected chi connectivity index (χ0v) is 18.2. The quantitative estimate of drug-likeness (QED) is 0.326. The smallest absolute Gasteiger partial charge is 0.248 e. The number of nitrogens with zero attached hydrogens (tertiary/aromatic N) is 2. The van der Waals surface area contributed by atoms with Crippen LogP contribution in [0.1, 0.15) is 84.0 Å². The molecule has 0 fully saturated rings. The number of hydrogen-bond donors (Lipinski definition) is 0. The minimum atomic E-state index is 0. The van der Waals surface area contributed by atoms with Crippen molar-refractivity contribution in [2.45, 2.75) is 90.5 Å². The van der Waals surface area contributed by atoms with Crippen molar-refractivity contribution >= 4 is 0 Å². The van der Waals surface area contributed by atoms with Gasteiger partial charge in [-0.05, 0) is 25.0 Å². The summed E-state index contributed by atoms with van der Waals surface area (Å²) in [5, 5.41) is 0. The first-order valence-corrected chi connectivity index (χ1v) is 10.5. The molecule has 0 spiro atoms. The van der Waals surface area contributed by atoms with Gasteiger partial charge in [-0.1, -0.05) is 89.3 Å². The third kappa shape index (κ3) is 9.56. The molecule has 2 nitrogen and oxygen atoms in total. The average molecular weight is 421 g/mol. The van der Waals surface area contributed by atoms with Gasteiger partial charge in [-0.25, -0.2) is 9.13 Å². The van der Waals surface area contributed by atoms with Gasteiger partial charge in [-0.2, -0.15) is 0 Å². The summed E-state index contributed by atoms with van der Waals surface area (Å²) < 4.78 is 4.50. The molecule has 2 rings (SSSR count). The first-order chi connectivity index (χ1) is 12.4. The number of rotatable bonds is 14. The Morgan fingerprint density at radius 3 is 1.85 bits per heavy atom. The van der Waals surface area contributed by atoms with E-state index in [9.17, 15) is 0 Å². The van der Waals surface area contributed by atoms with E-state index >= 15 is 0 Å². The molecule has 0 aliphatic rings. The number of para-hydroxylation sites is 1. The maximum absolute atomic E-state index is 2.31. The molecule has 0 aliphatic heterocycles. The van der Waals surface area contributed by atoms with Gasteiger partial charge in [0.2, 0.25) is 6.33 Å². The molecular formula is C23H37BrN2. The molecular weight excluding hydrogens is 384 g/mol. The number of benzene rings is 1. The first kappa shape index (κ1) is 23.0. The van der Waals surface area contributed by atoms with Crippen molar-refractivity contribution in [3.05, 3.63) is 49.1 Å². The molecule has 0 N–H and O–H groups in total. The summed E-state index contributed by atoms with van der Waals surface area (Å²) in [6.07, 6.45) is 23.5. The fourth-order valence-corrected chi connectivity index (χ4v) is 3.41. The lowest BCUT2D eigenvalue weighted by molar-refractivity contribution is -0.696. The largest absolute Gasteiger partial charge is 1.00 e. The zero-order chi connectivity index (χ0) is 17.6. The lowest BCUT2D eigenvalue weighted by atomic mass is 10.1. The van der Waals surface area contributed by atoms with Gasteiger partial charge >= 0.3 is 0 Å². The van der Waals surface area contributed by atoms with Crippen molar-refractivity contribution in [2.75, 3.05) is 0 Å². The molecule has 0 aliphatic carbocycles. The summed E-state index contributed by atoms with van der Waals surface area (Å²) in [5.74, 6) is 0. The maximum atomic E-state index is 2.31. The van der Waals surface area contributed by atoms with Gasteiger partial charge in [0.05, 0.1) is 6.54 Å². The second-order valence-electron chi connectivity index (χ2n) is 7.28. The summed E-state index contributed by atoms with van der Waals surface area (Å²) in [7, 11) is 0. The minimum Gasteiger partial charge on any atom is -1.00 e. The molecule has 0 radical (unpaired) electrons. The molecule has 1 aromatic heterocycles. The molecule has 0 atom stereocenters. The summed E-state index contributed by atoms with van der Waals surface area (Å²) in [4.78, 5) is 0. The van der Waals surface area contributed by atoms with E-state index in [4.69, 9.17) is 0 Å². The van der Waals surface area contributed by atoms with Crippen LogP contribution in [0.25, 0.3) is 5.69 Å². The van der Waals surface area contributed by atoms with Crippen LogP contribution in [0.4, 0.5) is 0 Å². The standard InChI is InChI=1S/C23H37N2.BrH/c1-2-3-4-5-6-7-8-9-10-11-12-16-19-24-20-21-25(22-24)23-17-14-13-15-18-23;/h13-15,17-18,20-22H,2-12,16,19H2,1H3;1H/q+1;/p-1. The average Bonchev–Trinajstić information content (AvgIpc) is 3.12. The molecule has 0 saturated carbocycles. The van der Waals surface area contributed by atoms with Crippen LogP contribution in [0.2, 0.25) is 0 Å². The highest BCUT2D eigenvalue weighted by Crippen LogP contribution is 2.12. The normalized spacial score (nSPS) is 10.7. The van der Waals surface area contributed by atoms with Crippen molar-refractivity contribution in [1.29, 1.82) is 0 Å². The van der Waals surface area contributed by atoms with Crippen LogP contribution < -0.4 is 21.5 Å². The molecule has 2 aromatic rings. The van der Waals surface area contributed by atoms with E-state index in [1.54, 1.807) is 0 Å². The van der Waals surface area contributed by atoms with E-state index in [2.05, 4.69) is 65.1 Å². The van der Waals surface area contributed by atoms with Crippen LogP contribution in [0.5, 0.6) is 0 Å². The van der Waals surface area contributed by atoms with E-state index < -0.39 is 0 Å². The number of halogens is 1. The Morgan fingerprint density at radius 2 is 1.27 bits per heavy atom. The number of hydrogen-bond acceptors (Lipinski definition) is 0. The molecule has 0 bridgehead atoms. The van der Waals surface area contributed by atoms with E-state index in [1.165, 1.54) is 82.7 Å². The summed E-state index contributed by atoms with van der Waals surface area (Å²) in [6, 6.07) is 10.5. The fourth-order valence-electron chi connectivity index (χ4n) is 3.41. The predicted molar refractivity (Wildman–Crippen MR) is 107 cm³/mol. The number of unbranched alkanes of at least 4 members (excludes halogenated alkanes) is 11. The van der Waals surface area contributed by atoms with Crippen LogP contribution in [0, 0.1) is 0 Å². The second kappa shape index (κ2) is 15.0. The first-order valence-electron chi connectivity index (χ1n) is 10.5. The lowest BCUT2D eigenvalue weighted by Crippen LogP contribution is -3.00. The van der Waals surface area contributed by atoms with Gasteiger partial charge in [0, 0.05) is 0 Å². The van der Waals surface area contributed by atoms with Crippen LogP contribution in [-0.4, -0.2) is 4.57 Å². The lowest BCUT2D eigenvalue weighted by Gasteiger charge is -2.02. The van der Waals surface area contributed by atoms with Gasteiger partial charge in [-0.15, -0.1) is 0 Å². The van der Waals surface area contributed by atoms with Gasteiger partial charge in [0.25, 0.3) is 0 Å². The highest BCUT2D eigenvalue weighted by Gasteiger charge is 2.05. The van der Waals surface area contributed by atoms with Gasteiger partial charge in [0.1, 0.15) is 18.1 Å². The van der Waals surface area contributed by atoms with Gasteiger partial charge in [0.15, 0.2) is 0 Å². The Bertz CT molecular complexity index is 550. The van der Waals surface area contributed by atoms with Crippen molar-refractivity contribution < 1.29 is 21.5 Å². The predicted octanol–water partition coefficient (Wildman–Crippen LogP) is 3.47. The monoisotopic (exact) mass is 420 g/mol. The highest BCUT2D eigenvalue weighted by atomic mass is 79.9. The van der Waals surface area contributed by atoms with Crippen LogP contribution >= 0.6 is 0 Å². The van der Waals surface area contributed by atoms with E-state index in [1.807, 2.05) is 0 Å². The summed E-state index contributed by atoms with van der Waals surface area (Å²) in [6.45, 7) is 3.43. The zero-order valence-electron chi connectivity index (χ0n) is 16.6.